The summed E-state index contributed by atoms with van der Waals surface area (Å²) < 4.78 is 0. The molecule has 0 radical (unpaired) electrons. The standard InChI is InChI=1S/C6H12N2O5/c7-13-2-1-8(3-5(9)10)4-6(11)12/h1-4,7H2,(H,9,10)(H,11,12). The Labute approximate surface area is 74.6 Å². The number of hydrogen-bond donors (Lipinski definition) is 3. The predicted octanol–water partition coefficient (Wildman–Crippen LogP) is -1.65. The lowest BCUT2D eigenvalue weighted by Gasteiger charge is -2.16. The Kier molecular flexibility index (Phi) is 5.77. The maximum absolute atomic E-state index is 10.2. The quantitative estimate of drug-likeness (QED) is 0.414. The molecule has 0 atom stereocenters. The molecule has 0 aromatic carbocycles. The van der Waals surface area contributed by atoms with Crippen molar-refractivity contribution in [2.75, 3.05) is 26.2 Å². The maximum atomic E-state index is 10.2. The van der Waals surface area contributed by atoms with Crippen LogP contribution in [0, 0.1) is 0 Å². The van der Waals surface area contributed by atoms with Crippen molar-refractivity contribution in [3.05, 3.63) is 0 Å². The Balaban J connectivity index is 3.87. The van der Waals surface area contributed by atoms with E-state index >= 15 is 0 Å². The van der Waals surface area contributed by atoms with Crippen LogP contribution in [0.4, 0.5) is 0 Å². The van der Waals surface area contributed by atoms with Crippen LogP contribution in [-0.4, -0.2) is 53.3 Å². The van der Waals surface area contributed by atoms with Crippen LogP contribution in [0.15, 0.2) is 0 Å². The zero-order valence-electron chi connectivity index (χ0n) is 6.97. The van der Waals surface area contributed by atoms with Gasteiger partial charge in [0.1, 0.15) is 0 Å². The molecule has 0 saturated carbocycles. The molecule has 13 heavy (non-hydrogen) atoms. The molecule has 0 rings (SSSR count). The van der Waals surface area contributed by atoms with Crippen LogP contribution in [-0.2, 0) is 14.4 Å². The van der Waals surface area contributed by atoms with Gasteiger partial charge in [0, 0.05) is 6.54 Å². The third-order valence-electron chi connectivity index (χ3n) is 1.24. The summed E-state index contributed by atoms with van der Waals surface area (Å²) in [4.78, 5) is 25.9. The zero-order valence-corrected chi connectivity index (χ0v) is 6.97. The number of hydrogen-bond acceptors (Lipinski definition) is 5. The largest absolute Gasteiger partial charge is 0.480 e. The number of rotatable bonds is 7. The van der Waals surface area contributed by atoms with E-state index in [0.717, 1.165) is 0 Å². The fourth-order valence-corrected chi connectivity index (χ4v) is 0.778. The van der Waals surface area contributed by atoms with Crippen LogP contribution < -0.4 is 5.90 Å². The van der Waals surface area contributed by atoms with E-state index in [1.807, 2.05) is 0 Å². The Morgan fingerprint density at radius 1 is 1.23 bits per heavy atom. The number of carbonyl (C=O) groups is 2. The predicted molar refractivity (Wildman–Crippen MR) is 41.9 cm³/mol. The topological polar surface area (TPSA) is 113 Å². The molecule has 7 heteroatoms. The van der Waals surface area contributed by atoms with Crippen LogP contribution in [0.5, 0.6) is 0 Å². The van der Waals surface area contributed by atoms with Crippen LogP contribution in [0.2, 0.25) is 0 Å². The van der Waals surface area contributed by atoms with Gasteiger partial charge >= 0.3 is 11.9 Å². The van der Waals surface area contributed by atoms with E-state index in [2.05, 4.69) is 4.84 Å². The van der Waals surface area contributed by atoms with E-state index in [-0.39, 0.29) is 26.2 Å². The molecule has 0 fully saturated rings. The van der Waals surface area contributed by atoms with Gasteiger partial charge in [-0.05, 0) is 0 Å². The molecule has 0 aromatic rings. The minimum absolute atomic E-state index is 0.0978. The summed E-state index contributed by atoms with van der Waals surface area (Å²) in [6, 6.07) is 0. The monoisotopic (exact) mass is 192 g/mol. The highest BCUT2D eigenvalue weighted by molar-refractivity contribution is 5.72. The van der Waals surface area contributed by atoms with Crippen molar-refractivity contribution in [1.29, 1.82) is 0 Å². The second kappa shape index (κ2) is 6.35. The third-order valence-corrected chi connectivity index (χ3v) is 1.24. The molecule has 0 aliphatic rings. The Hall–Kier alpha value is -1.18. The smallest absolute Gasteiger partial charge is 0.317 e. The van der Waals surface area contributed by atoms with Gasteiger partial charge < -0.3 is 15.1 Å². The van der Waals surface area contributed by atoms with Crippen LogP contribution in [0.25, 0.3) is 0 Å². The van der Waals surface area contributed by atoms with E-state index in [4.69, 9.17) is 16.1 Å². The summed E-state index contributed by atoms with van der Waals surface area (Å²) >= 11 is 0. The summed E-state index contributed by atoms with van der Waals surface area (Å²) in [5.41, 5.74) is 0. The first-order valence-corrected chi connectivity index (χ1v) is 3.54. The number of aliphatic carboxylic acids is 2. The second-order valence-corrected chi connectivity index (χ2v) is 2.37. The molecule has 4 N–H and O–H groups in total. The van der Waals surface area contributed by atoms with Crippen LogP contribution in [0.1, 0.15) is 0 Å². The van der Waals surface area contributed by atoms with Gasteiger partial charge in [-0.1, -0.05) is 0 Å². The summed E-state index contributed by atoms with van der Waals surface area (Å²) in [5.74, 6) is 2.55. The Bertz CT molecular complexity index is 168. The van der Waals surface area contributed by atoms with Gasteiger partial charge in [0.2, 0.25) is 0 Å². The van der Waals surface area contributed by atoms with Gasteiger partial charge in [0.05, 0.1) is 19.7 Å². The van der Waals surface area contributed by atoms with Crippen molar-refractivity contribution >= 4 is 11.9 Å². The fourth-order valence-electron chi connectivity index (χ4n) is 0.778. The molecule has 0 heterocycles. The first kappa shape index (κ1) is 11.8. The van der Waals surface area contributed by atoms with Gasteiger partial charge in [-0.2, -0.15) is 0 Å². The van der Waals surface area contributed by atoms with E-state index in [9.17, 15) is 9.59 Å². The molecule has 0 aliphatic heterocycles. The Morgan fingerprint density at radius 3 is 2.00 bits per heavy atom. The van der Waals surface area contributed by atoms with Crippen molar-refractivity contribution in [2.45, 2.75) is 0 Å². The molecular weight excluding hydrogens is 180 g/mol. The molecule has 0 aromatic heterocycles. The van der Waals surface area contributed by atoms with E-state index in [1.54, 1.807) is 0 Å². The zero-order chi connectivity index (χ0) is 10.3. The highest BCUT2D eigenvalue weighted by Gasteiger charge is 2.12. The summed E-state index contributed by atoms with van der Waals surface area (Å²) in [7, 11) is 0. The van der Waals surface area contributed by atoms with Gasteiger partial charge in [0.25, 0.3) is 0 Å². The molecule has 0 amide bonds. The molecule has 0 aliphatic carbocycles. The van der Waals surface area contributed by atoms with Crippen LogP contribution in [0.3, 0.4) is 0 Å². The fraction of sp³-hybridized carbons (Fsp3) is 0.667. The lowest BCUT2D eigenvalue weighted by atomic mass is 10.4. The number of carboxylic acids is 2. The highest BCUT2D eigenvalue weighted by Crippen LogP contribution is 1.87. The van der Waals surface area contributed by atoms with Crippen molar-refractivity contribution in [2.24, 2.45) is 5.90 Å². The van der Waals surface area contributed by atoms with Crippen molar-refractivity contribution < 1.29 is 24.6 Å². The van der Waals surface area contributed by atoms with Gasteiger partial charge in [-0.25, -0.2) is 5.90 Å². The van der Waals surface area contributed by atoms with E-state index < -0.39 is 11.9 Å². The first-order valence-electron chi connectivity index (χ1n) is 3.54. The van der Waals surface area contributed by atoms with Crippen LogP contribution >= 0.6 is 0 Å². The minimum atomic E-state index is -1.08. The number of nitrogens with two attached hydrogens (primary N) is 1. The second-order valence-electron chi connectivity index (χ2n) is 2.37. The van der Waals surface area contributed by atoms with E-state index in [1.165, 1.54) is 4.90 Å². The molecular formula is C6H12N2O5. The summed E-state index contributed by atoms with van der Waals surface area (Å²) in [6.45, 7) is -0.402. The molecule has 0 unspecified atom stereocenters. The molecule has 0 spiro atoms. The van der Waals surface area contributed by atoms with Gasteiger partial charge in [-0.3, -0.25) is 14.5 Å². The lowest BCUT2D eigenvalue weighted by Crippen LogP contribution is -2.37. The molecule has 7 nitrogen and oxygen atoms in total. The minimum Gasteiger partial charge on any atom is -0.480 e. The number of nitrogens with zero attached hydrogens (tertiary/aromatic N) is 1. The molecule has 0 saturated heterocycles. The van der Waals surface area contributed by atoms with Gasteiger partial charge in [-0.15, -0.1) is 0 Å². The lowest BCUT2D eigenvalue weighted by molar-refractivity contribution is -0.142. The van der Waals surface area contributed by atoms with Crippen molar-refractivity contribution in [3.63, 3.8) is 0 Å². The maximum Gasteiger partial charge on any atom is 0.317 e. The SMILES string of the molecule is NOCCN(CC(=O)O)CC(=O)O. The average molecular weight is 192 g/mol. The van der Waals surface area contributed by atoms with Gasteiger partial charge in [0.15, 0.2) is 0 Å². The third kappa shape index (κ3) is 7.19. The summed E-state index contributed by atoms with van der Waals surface area (Å²) in [6.07, 6.45) is 0. The molecule has 76 valence electrons. The normalized spacial score (nSPS) is 10.3. The van der Waals surface area contributed by atoms with Crippen molar-refractivity contribution in [1.82, 2.24) is 4.90 Å². The Morgan fingerprint density at radius 2 is 1.69 bits per heavy atom. The highest BCUT2D eigenvalue weighted by atomic mass is 16.6. The first-order chi connectivity index (χ1) is 6.06. The molecule has 0 bridgehead atoms. The number of carboxylic acid groups (broad SMARTS) is 2. The average Bonchev–Trinajstić information content (AvgIpc) is 1.98. The summed E-state index contributed by atoms with van der Waals surface area (Å²) in [5, 5.41) is 16.8. The van der Waals surface area contributed by atoms with E-state index in [0.29, 0.717) is 0 Å². The van der Waals surface area contributed by atoms with Crippen molar-refractivity contribution in [3.8, 4) is 0 Å².